The van der Waals surface area contributed by atoms with Crippen molar-refractivity contribution in [2.75, 3.05) is 5.32 Å². The first-order chi connectivity index (χ1) is 8.16. The van der Waals surface area contributed by atoms with Gasteiger partial charge in [-0.1, -0.05) is 6.07 Å². The van der Waals surface area contributed by atoms with Gasteiger partial charge < -0.3 is 11.1 Å². The molecule has 17 heavy (non-hydrogen) atoms. The normalized spacial score (nSPS) is 12.1. The number of guanidine groups is 1. The second-order valence-electron chi connectivity index (χ2n) is 4.11. The van der Waals surface area contributed by atoms with E-state index in [1.807, 2.05) is 44.2 Å². The van der Waals surface area contributed by atoms with Crippen molar-refractivity contribution in [2.45, 2.75) is 19.9 Å². The summed E-state index contributed by atoms with van der Waals surface area (Å²) in [7, 11) is 0. The highest BCUT2D eigenvalue weighted by Crippen LogP contribution is 2.20. The minimum atomic E-state index is 0.176. The van der Waals surface area contributed by atoms with Crippen LogP contribution in [0, 0.1) is 0 Å². The molecule has 0 aliphatic carbocycles. The number of rotatable bonds is 2. The van der Waals surface area contributed by atoms with Gasteiger partial charge in [0, 0.05) is 17.6 Å². The molecule has 2 aromatic rings. The molecule has 88 valence electrons. The molecule has 4 heteroatoms. The Hall–Kier alpha value is -2.10. The fourth-order valence-electron chi connectivity index (χ4n) is 1.66. The zero-order valence-corrected chi connectivity index (χ0v) is 10.0. The molecule has 1 heterocycles. The van der Waals surface area contributed by atoms with Gasteiger partial charge in [0.2, 0.25) is 0 Å². The number of benzene rings is 1. The lowest BCUT2D eigenvalue weighted by atomic mass is 10.2. The summed E-state index contributed by atoms with van der Waals surface area (Å²) in [5, 5.41) is 4.14. The van der Waals surface area contributed by atoms with E-state index in [9.17, 15) is 0 Å². The SMILES string of the molecule is CC(C)N=C(N)Nc1cccc2ncccc12. The van der Waals surface area contributed by atoms with Crippen LogP contribution in [0.2, 0.25) is 0 Å². The van der Waals surface area contributed by atoms with Crippen LogP contribution in [0.1, 0.15) is 13.8 Å². The zero-order valence-electron chi connectivity index (χ0n) is 10.0. The molecule has 0 atom stereocenters. The lowest BCUT2D eigenvalue weighted by molar-refractivity contribution is 0.833. The summed E-state index contributed by atoms with van der Waals surface area (Å²) in [6, 6.07) is 9.97. The molecular weight excluding hydrogens is 212 g/mol. The Balaban J connectivity index is 2.36. The number of anilines is 1. The minimum absolute atomic E-state index is 0.176. The average molecular weight is 228 g/mol. The number of nitrogens with one attached hydrogen (secondary N) is 1. The van der Waals surface area contributed by atoms with Gasteiger partial charge in [-0.25, -0.2) is 0 Å². The maximum Gasteiger partial charge on any atom is 0.193 e. The molecule has 3 N–H and O–H groups in total. The van der Waals surface area contributed by atoms with E-state index in [0.717, 1.165) is 16.6 Å². The zero-order chi connectivity index (χ0) is 12.3. The van der Waals surface area contributed by atoms with Crippen LogP contribution < -0.4 is 11.1 Å². The van der Waals surface area contributed by atoms with Crippen LogP contribution in [0.15, 0.2) is 41.5 Å². The summed E-state index contributed by atoms with van der Waals surface area (Å²) in [5.41, 5.74) is 7.68. The van der Waals surface area contributed by atoms with Gasteiger partial charge in [0.25, 0.3) is 0 Å². The van der Waals surface area contributed by atoms with Gasteiger partial charge in [-0.2, -0.15) is 0 Å². The average Bonchev–Trinajstić information content (AvgIpc) is 2.28. The molecule has 0 aliphatic heterocycles. The Labute approximate surface area is 101 Å². The van der Waals surface area contributed by atoms with E-state index in [1.54, 1.807) is 6.20 Å². The van der Waals surface area contributed by atoms with Crippen LogP contribution in [0.4, 0.5) is 5.69 Å². The fourth-order valence-corrected chi connectivity index (χ4v) is 1.66. The van der Waals surface area contributed by atoms with Crippen LogP contribution >= 0.6 is 0 Å². The van der Waals surface area contributed by atoms with Crippen LogP contribution in [0.25, 0.3) is 10.9 Å². The summed E-state index contributed by atoms with van der Waals surface area (Å²) in [4.78, 5) is 8.53. The molecule has 1 aromatic carbocycles. The maximum atomic E-state index is 5.82. The smallest absolute Gasteiger partial charge is 0.193 e. The first kappa shape index (κ1) is 11.4. The van der Waals surface area contributed by atoms with Gasteiger partial charge in [-0.05, 0) is 38.1 Å². The van der Waals surface area contributed by atoms with Crippen molar-refractivity contribution in [1.29, 1.82) is 0 Å². The van der Waals surface area contributed by atoms with E-state index in [2.05, 4.69) is 15.3 Å². The number of aliphatic imine (C=N–C) groups is 1. The van der Waals surface area contributed by atoms with E-state index in [4.69, 9.17) is 5.73 Å². The molecule has 0 spiro atoms. The summed E-state index contributed by atoms with van der Waals surface area (Å²) in [6.07, 6.45) is 1.78. The Morgan fingerprint density at radius 2 is 2.12 bits per heavy atom. The Morgan fingerprint density at radius 3 is 2.88 bits per heavy atom. The third kappa shape index (κ3) is 2.72. The number of nitrogens with zero attached hydrogens (tertiary/aromatic N) is 2. The monoisotopic (exact) mass is 228 g/mol. The van der Waals surface area contributed by atoms with Crippen molar-refractivity contribution >= 4 is 22.5 Å². The van der Waals surface area contributed by atoms with Gasteiger partial charge in [-0.3, -0.25) is 9.98 Å². The molecule has 2 rings (SSSR count). The molecule has 0 aliphatic rings. The predicted molar refractivity (Wildman–Crippen MR) is 72.1 cm³/mol. The van der Waals surface area contributed by atoms with Crippen molar-refractivity contribution in [3.05, 3.63) is 36.5 Å². The number of fused-ring (bicyclic) bond motifs is 1. The Bertz CT molecular complexity index is 541. The van der Waals surface area contributed by atoms with E-state index < -0.39 is 0 Å². The third-order valence-electron chi connectivity index (χ3n) is 2.31. The second kappa shape index (κ2) is 4.82. The van der Waals surface area contributed by atoms with Gasteiger partial charge >= 0.3 is 0 Å². The molecule has 0 unspecified atom stereocenters. The minimum Gasteiger partial charge on any atom is -0.370 e. The topological polar surface area (TPSA) is 63.3 Å². The Kier molecular flexibility index (Phi) is 3.23. The fraction of sp³-hybridized carbons (Fsp3) is 0.231. The van der Waals surface area contributed by atoms with Crippen molar-refractivity contribution in [3.8, 4) is 0 Å². The predicted octanol–water partition coefficient (Wildman–Crippen LogP) is 2.37. The van der Waals surface area contributed by atoms with Crippen LogP contribution in [0.5, 0.6) is 0 Å². The molecule has 1 aromatic heterocycles. The number of hydrogen-bond acceptors (Lipinski definition) is 2. The summed E-state index contributed by atoms with van der Waals surface area (Å²) < 4.78 is 0. The highest BCUT2D eigenvalue weighted by Gasteiger charge is 2.02. The maximum absolute atomic E-state index is 5.82. The molecule has 0 saturated carbocycles. The highest BCUT2D eigenvalue weighted by molar-refractivity contribution is 6.01. The van der Waals surface area contributed by atoms with E-state index in [1.165, 1.54) is 0 Å². The Morgan fingerprint density at radius 1 is 1.29 bits per heavy atom. The molecule has 4 nitrogen and oxygen atoms in total. The summed E-state index contributed by atoms with van der Waals surface area (Å²) in [5.74, 6) is 0.427. The molecular formula is C13H16N4. The van der Waals surface area contributed by atoms with E-state index in [-0.39, 0.29) is 6.04 Å². The van der Waals surface area contributed by atoms with Gasteiger partial charge in [0.05, 0.1) is 11.2 Å². The number of nitrogens with two attached hydrogens (primary N) is 1. The first-order valence-electron chi connectivity index (χ1n) is 5.61. The lowest BCUT2D eigenvalue weighted by Gasteiger charge is -2.09. The highest BCUT2D eigenvalue weighted by atomic mass is 15.1. The second-order valence-corrected chi connectivity index (χ2v) is 4.11. The summed E-state index contributed by atoms with van der Waals surface area (Å²) in [6.45, 7) is 3.97. The lowest BCUT2D eigenvalue weighted by Crippen LogP contribution is -2.24. The van der Waals surface area contributed by atoms with Crippen molar-refractivity contribution in [1.82, 2.24) is 4.98 Å². The van der Waals surface area contributed by atoms with Crippen molar-refractivity contribution in [2.24, 2.45) is 10.7 Å². The van der Waals surface area contributed by atoms with Crippen LogP contribution in [-0.2, 0) is 0 Å². The van der Waals surface area contributed by atoms with E-state index in [0.29, 0.717) is 5.96 Å². The van der Waals surface area contributed by atoms with Crippen LogP contribution in [-0.4, -0.2) is 17.0 Å². The van der Waals surface area contributed by atoms with Crippen LogP contribution in [0.3, 0.4) is 0 Å². The molecule has 0 amide bonds. The van der Waals surface area contributed by atoms with E-state index >= 15 is 0 Å². The molecule has 0 fully saturated rings. The quantitative estimate of drug-likeness (QED) is 0.612. The molecule has 0 radical (unpaired) electrons. The summed E-state index contributed by atoms with van der Waals surface area (Å²) >= 11 is 0. The van der Waals surface area contributed by atoms with Gasteiger partial charge in [0.15, 0.2) is 5.96 Å². The molecule has 0 bridgehead atoms. The third-order valence-corrected chi connectivity index (χ3v) is 2.31. The van der Waals surface area contributed by atoms with Gasteiger partial charge in [-0.15, -0.1) is 0 Å². The first-order valence-corrected chi connectivity index (χ1v) is 5.61. The van der Waals surface area contributed by atoms with Crippen molar-refractivity contribution in [3.63, 3.8) is 0 Å². The largest absolute Gasteiger partial charge is 0.370 e. The number of aromatic nitrogens is 1. The molecule has 0 saturated heterocycles. The number of hydrogen-bond donors (Lipinski definition) is 2. The van der Waals surface area contributed by atoms with Gasteiger partial charge in [0.1, 0.15) is 0 Å². The van der Waals surface area contributed by atoms with Crippen molar-refractivity contribution < 1.29 is 0 Å². The number of pyridine rings is 1. The standard InChI is InChI=1S/C13H16N4/c1-9(2)16-13(14)17-12-7-3-6-11-10(12)5-4-8-15-11/h3-9H,1-2H3,(H3,14,16,17).